The van der Waals surface area contributed by atoms with Gasteiger partial charge in [0.15, 0.2) is 0 Å². The summed E-state index contributed by atoms with van der Waals surface area (Å²) in [4.78, 5) is 14.9. The van der Waals surface area contributed by atoms with Gasteiger partial charge >= 0.3 is 0 Å². The highest BCUT2D eigenvalue weighted by atomic mass is 16.5. The molecule has 2 unspecified atom stereocenters. The fourth-order valence-electron chi connectivity index (χ4n) is 3.53. The Hall–Kier alpha value is -2.84. The Kier molecular flexibility index (Phi) is 4.12. The maximum atomic E-state index is 13.1. The highest BCUT2D eigenvalue weighted by Crippen LogP contribution is 2.34. The maximum Gasteiger partial charge on any atom is 0.257 e. The molecule has 2 atom stereocenters. The van der Waals surface area contributed by atoms with E-state index in [1.54, 1.807) is 6.07 Å². The van der Waals surface area contributed by atoms with Crippen molar-refractivity contribution >= 4 is 11.6 Å². The third-order valence-electron chi connectivity index (χ3n) is 4.78. The molecule has 2 heterocycles. The predicted molar refractivity (Wildman–Crippen MR) is 94.0 cm³/mol. The Labute approximate surface area is 146 Å². The highest BCUT2D eigenvalue weighted by molar-refractivity contribution is 6.01. The van der Waals surface area contributed by atoms with Gasteiger partial charge in [-0.2, -0.15) is 5.26 Å². The summed E-state index contributed by atoms with van der Waals surface area (Å²) in [5, 5.41) is 12.7. The van der Waals surface area contributed by atoms with Crippen LogP contribution in [0.1, 0.15) is 40.5 Å². The number of hydrogen-bond donors (Lipinski definition) is 1. The summed E-state index contributed by atoms with van der Waals surface area (Å²) in [6.07, 6.45) is 1.76. The lowest BCUT2D eigenvalue weighted by atomic mass is 10.0. The van der Waals surface area contributed by atoms with Crippen LogP contribution in [0, 0.1) is 11.3 Å². The summed E-state index contributed by atoms with van der Waals surface area (Å²) in [6.45, 7) is 1.30. The molecule has 0 aliphatic carbocycles. The van der Waals surface area contributed by atoms with Crippen LogP contribution in [-0.4, -0.2) is 30.1 Å². The van der Waals surface area contributed by atoms with Crippen molar-refractivity contribution in [3.63, 3.8) is 0 Å². The molecule has 1 amide bonds. The fraction of sp³-hybridized carbons (Fsp3) is 0.300. The smallest absolute Gasteiger partial charge is 0.257 e. The molecule has 0 radical (unpaired) electrons. The monoisotopic (exact) mass is 333 g/mol. The van der Waals surface area contributed by atoms with E-state index in [1.807, 2.05) is 47.4 Å². The van der Waals surface area contributed by atoms with Gasteiger partial charge < -0.3 is 15.0 Å². The van der Waals surface area contributed by atoms with Crippen molar-refractivity contribution in [2.45, 2.75) is 25.1 Å². The van der Waals surface area contributed by atoms with Crippen LogP contribution in [0.2, 0.25) is 0 Å². The molecular weight excluding hydrogens is 314 g/mol. The SMILES string of the molecule is N#Cc1cccc(C2Nc3ccccc3C(=O)N2CC2CCCO2)c1. The molecule has 5 heteroatoms. The summed E-state index contributed by atoms with van der Waals surface area (Å²) >= 11 is 0. The molecule has 1 N–H and O–H groups in total. The zero-order valence-corrected chi connectivity index (χ0v) is 13.8. The molecule has 2 aliphatic rings. The fourth-order valence-corrected chi connectivity index (χ4v) is 3.53. The molecule has 5 nitrogen and oxygen atoms in total. The summed E-state index contributed by atoms with van der Waals surface area (Å²) in [7, 11) is 0. The van der Waals surface area contributed by atoms with Gasteiger partial charge in [0.2, 0.25) is 0 Å². The Balaban J connectivity index is 1.73. The van der Waals surface area contributed by atoms with Crippen molar-refractivity contribution < 1.29 is 9.53 Å². The van der Waals surface area contributed by atoms with Crippen LogP contribution in [0.25, 0.3) is 0 Å². The van der Waals surface area contributed by atoms with Gasteiger partial charge in [0, 0.05) is 18.8 Å². The number of nitrogens with zero attached hydrogens (tertiary/aromatic N) is 2. The number of hydrogen-bond acceptors (Lipinski definition) is 4. The molecule has 1 fully saturated rings. The molecule has 25 heavy (non-hydrogen) atoms. The number of fused-ring (bicyclic) bond motifs is 1. The van der Waals surface area contributed by atoms with Gasteiger partial charge in [-0.1, -0.05) is 24.3 Å². The summed E-state index contributed by atoms with van der Waals surface area (Å²) in [6, 6.07) is 17.1. The normalized spacial score (nSPS) is 22.2. The van der Waals surface area contributed by atoms with E-state index < -0.39 is 0 Å². The second kappa shape index (κ2) is 6.58. The predicted octanol–water partition coefficient (Wildman–Crippen LogP) is 3.30. The molecular formula is C20H19N3O2. The second-order valence-corrected chi connectivity index (χ2v) is 6.42. The average Bonchev–Trinajstić information content (AvgIpc) is 3.17. The Morgan fingerprint density at radius 2 is 2.12 bits per heavy atom. The van der Waals surface area contributed by atoms with Crippen LogP contribution in [-0.2, 0) is 4.74 Å². The van der Waals surface area contributed by atoms with Gasteiger partial charge in [0.05, 0.1) is 23.3 Å². The van der Waals surface area contributed by atoms with E-state index in [1.165, 1.54) is 0 Å². The number of ether oxygens (including phenoxy) is 1. The van der Waals surface area contributed by atoms with E-state index in [0.717, 1.165) is 30.7 Å². The van der Waals surface area contributed by atoms with Gasteiger partial charge in [-0.25, -0.2) is 0 Å². The summed E-state index contributed by atoms with van der Waals surface area (Å²) < 4.78 is 5.75. The van der Waals surface area contributed by atoms with E-state index in [-0.39, 0.29) is 18.2 Å². The molecule has 1 saturated heterocycles. The van der Waals surface area contributed by atoms with Crippen molar-refractivity contribution in [3.8, 4) is 6.07 Å². The van der Waals surface area contributed by atoms with E-state index in [0.29, 0.717) is 17.7 Å². The number of amides is 1. The van der Waals surface area contributed by atoms with Crippen molar-refractivity contribution in [1.82, 2.24) is 4.90 Å². The van der Waals surface area contributed by atoms with Crippen LogP contribution < -0.4 is 5.32 Å². The van der Waals surface area contributed by atoms with Crippen LogP contribution in [0.5, 0.6) is 0 Å². The van der Waals surface area contributed by atoms with Crippen LogP contribution in [0.4, 0.5) is 5.69 Å². The number of rotatable bonds is 3. The molecule has 0 aromatic heterocycles. The number of nitrogens with one attached hydrogen (secondary N) is 1. The van der Waals surface area contributed by atoms with E-state index in [2.05, 4.69) is 11.4 Å². The van der Waals surface area contributed by atoms with Gasteiger partial charge in [-0.05, 0) is 42.7 Å². The number of benzene rings is 2. The van der Waals surface area contributed by atoms with E-state index in [9.17, 15) is 10.1 Å². The van der Waals surface area contributed by atoms with Crippen LogP contribution in [0.3, 0.4) is 0 Å². The van der Waals surface area contributed by atoms with Crippen molar-refractivity contribution in [1.29, 1.82) is 5.26 Å². The third-order valence-corrected chi connectivity index (χ3v) is 4.78. The largest absolute Gasteiger partial charge is 0.376 e. The number of anilines is 1. The lowest BCUT2D eigenvalue weighted by Gasteiger charge is -2.39. The van der Waals surface area contributed by atoms with Gasteiger partial charge in [-0.3, -0.25) is 4.79 Å². The van der Waals surface area contributed by atoms with Crippen LogP contribution in [0.15, 0.2) is 48.5 Å². The van der Waals surface area contributed by atoms with Gasteiger partial charge in [0.1, 0.15) is 6.17 Å². The first-order valence-corrected chi connectivity index (χ1v) is 8.54. The van der Waals surface area contributed by atoms with Crippen LogP contribution >= 0.6 is 0 Å². The number of carbonyl (C=O) groups excluding carboxylic acids is 1. The molecule has 0 saturated carbocycles. The lowest BCUT2D eigenvalue weighted by Crippen LogP contribution is -2.46. The Morgan fingerprint density at radius 1 is 1.24 bits per heavy atom. The first kappa shape index (κ1) is 15.7. The summed E-state index contributed by atoms with van der Waals surface area (Å²) in [5.74, 6) is -0.00258. The van der Waals surface area contributed by atoms with Crippen molar-refractivity contribution in [2.75, 3.05) is 18.5 Å². The van der Waals surface area contributed by atoms with Gasteiger partial charge in [0.25, 0.3) is 5.91 Å². The number of nitriles is 1. The zero-order chi connectivity index (χ0) is 17.2. The van der Waals surface area contributed by atoms with Crippen molar-refractivity contribution in [3.05, 3.63) is 65.2 Å². The average molecular weight is 333 g/mol. The topological polar surface area (TPSA) is 65.4 Å². The molecule has 2 aliphatic heterocycles. The minimum Gasteiger partial charge on any atom is -0.376 e. The minimum atomic E-state index is -0.306. The van der Waals surface area contributed by atoms with E-state index in [4.69, 9.17) is 4.74 Å². The summed E-state index contributed by atoms with van der Waals surface area (Å²) in [5.41, 5.74) is 2.99. The molecule has 2 aromatic carbocycles. The maximum absolute atomic E-state index is 13.1. The molecule has 126 valence electrons. The highest BCUT2D eigenvalue weighted by Gasteiger charge is 2.35. The number of carbonyl (C=O) groups is 1. The zero-order valence-electron chi connectivity index (χ0n) is 13.8. The minimum absolute atomic E-state index is 0.00258. The van der Waals surface area contributed by atoms with Gasteiger partial charge in [-0.15, -0.1) is 0 Å². The quantitative estimate of drug-likeness (QED) is 0.936. The van der Waals surface area contributed by atoms with Crippen molar-refractivity contribution in [2.24, 2.45) is 0 Å². The molecule has 4 rings (SSSR count). The molecule has 0 bridgehead atoms. The number of para-hydroxylation sites is 1. The third kappa shape index (κ3) is 2.97. The lowest BCUT2D eigenvalue weighted by molar-refractivity contribution is 0.0427. The van der Waals surface area contributed by atoms with E-state index >= 15 is 0 Å². The first-order chi connectivity index (χ1) is 12.3. The Bertz CT molecular complexity index is 837. The Morgan fingerprint density at radius 3 is 2.92 bits per heavy atom. The molecule has 0 spiro atoms. The standard InChI is InChI=1S/C20H19N3O2/c21-12-14-5-3-6-15(11-14)19-22-18-9-2-1-8-17(18)20(24)23(19)13-16-7-4-10-25-16/h1-3,5-6,8-9,11,16,19,22H,4,7,10,13H2. The second-order valence-electron chi connectivity index (χ2n) is 6.42. The molecule has 2 aromatic rings. The first-order valence-electron chi connectivity index (χ1n) is 8.54.